The molecule has 22 heavy (non-hydrogen) atoms. The Morgan fingerprint density at radius 1 is 1.41 bits per heavy atom. The van der Waals surface area contributed by atoms with E-state index in [0.29, 0.717) is 16.9 Å². The maximum Gasteiger partial charge on any atom is 0.269 e. The molecule has 0 atom stereocenters. The van der Waals surface area contributed by atoms with Crippen molar-refractivity contribution >= 4 is 23.2 Å². The molecule has 0 bridgehead atoms. The van der Waals surface area contributed by atoms with Gasteiger partial charge in [-0.15, -0.1) is 0 Å². The third-order valence-electron chi connectivity index (χ3n) is 2.98. The molecule has 10 heteroatoms. The van der Waals surface area contributed by atoms with E-state index in [1.54, 1.807) is 10.6 Å². The second-order valence-electron chi connectivity index (χ2n) is 4.42. The van der Waals surface area contributed by atoms with Crippen molar-refractivity contribution < 1.29 is 13.6 Å². The van der Waals surface area contributed by atoms with Crippen LogP contribution in [0.5, 0.6) is 0 Å². The van der Waals surface area contributed by atoms with Crippen molar-refractivity contribution in [1.29, 1.82) is 0 Å². The van der Waals surface area contributed by atoms with Crippen LogP contribution in [-0.2, 0) is 6.54 Å². The fourth-order valence-electron chi connectivity index (χ4n) is 2.11. The quantitative estimate of drug-likeness (QED) is 0.788. The van der Waals surface area contributed by atoms with Crippen molar-refractivity contribution in [2.24, 2.45) is 5.73 Å². The van der Waals surface area contributed by atoms with Gasteiger partial charge < -0.3 is 5.73 Å². The SMILES string of the molecule is NC(=O)c1nn(CC(F)F)cc1-c1cnc2c(Cl)nccn12. The maximum atomic E-state index is 12.5. The van der Waals surface area contributed by atoms with E-state index in [1.165, 1.54) is 18.6 Å². The van der Waals surface area contributed by atoms with Gasteiger partial charge in [0.05, 0.1) is 17.5 Å². The summed E-state index contributed by atoms with van der Waals surface area (Å²) in [5, 5.41) is 3.98. The number of amides is 1. The van der Waals surface area contributed by atoms with E-state index in [9.17, 15) is 13.6 Å². The van der Waals surface area contributed by atoms with Gasteiger partial charge in [-0.1, -0.05) is 11.6 Å². The largest absolute Gasteiger partial charge is 0.364 e. The lowest BCUT2D eigenvalue weighted by molar-refractivity contribution is 0.0989. The highest BCUT2D eigenvalue weighted by Crippen LogP contribution is 2.26. The average Bonchev–Trinajstić information content (AvgIpc) is 3.02. The summed E-state index contributed by atoms with van der Waals surface area (Å²) in [6, 6.07) is 0. The second kappa shape index (κ2) is 5.34. The Kier molecular flexibility index (Phi) is 3.49. The van der Waals surface area contributed by atoms with Crippen LogP contribution in [-0.4, -0.2) is 36.5 Å². The Bertz CT molecular complexity index is 859. The minimum atomic E-state index is -2.60. The van der Waals surface area contributed by atoms with E-state index in [1.807, 2.05) is 0 Å². The maximum absolute atomic E-state index is 12.5. The zero-order chi connectivity index (χ0) is 15.9. The van der Waals surface area contributed by atoms with Crippen molar-refractivity contribution in [3.8, 4) is 11.3 Å². The van der Waals surface area contributed by atoms with Crippen molar-refractivity contribution in [2.75, 3.05) is 0 Å². The molecule has 0 saturated carbocycles. The number of carbonyl (C=O) groups is 1. The molecule has 0 spiro atoms. The van der Waals surface area contributed by atoms with Crippen molar-refractivity contribution in [2.45, 2.75) is 13.0 Å². The van der Waals surface area contributed by atoms with Crippen LogP contribution in [0.2, 0.25) is 5.15 Å². The summed E-state index contributed by atoms with van der Waals surface area (Å²) in [6.07, 6.45) is 3.20. The number of rotatable bonds is 4. The lowest BCUT2D eigenvalue weighted by Gasteiger charge is -2.00. The first-order chi connectivity index (χ1) is 10.5. The molecule has 1 amide bonds. The molecule has 0 fully saturated rings. The Morgan fingerprint density at radius 2 is 2.18 bits per heavy atom. The lowest BCUT2D eigenvalue weighted by Crippen LogP contribution is -2.14. The van der Waals surface area contributed by atoms with Crippen LogP contribution in [0.25, 0.3) is 16.9 Å². The number of aromatic nitrogens is 5. The molecule has 0 aliphatic heterocycles. The summed E-state index contributed by atoms with van der Waals surface area (Å²) in [4.78, 5) is 19.5. The first kappa shape index (κ1) is 14.4. The average molecular weight is 327 g/mol. The van der Waals surface area contributed by atoms with Gasteiger partial charge in [0.15, 0.2) is 16.5 Å². The number of alkyl halides is 2. The summed E-state index contributed by atoms with van der Waals surface area (Å²) in [6.45, 7) is -0.640. The molecule has 3 rings (SSSR count). The smallest absolute Gasteiger partial charge is 0.269 e. The van der Waals surface area contributed by atoms with Crippen LogP contribution in [0.3, 0.4) is 0 Å². The number of halogens is 3. The fourth-order valence-corrected chi connectivity index (χ4v) is 2.31. The number of primary amides is 1. The highest BCUT2D eigenvalue weighted by Gasteiger charge is 2.20. The number of fused-ring (bicyclic) bond motifs is 1. The third kappa shape index (κ3) is 2.39. The number of nitrogens with two attached hydrogens (primary N) is 1. The molecule has 0 radical (unpaired) electrons. The second-order valence-corrected chi connectivity index (χ2v) is 4.78. The predicted octanol–water partition coefficient (Wildman–Crippen LogP) is 1.61. The zero-order valence-electron chi connectivity index (χ0n) is 10.9. The van der Waals surface area contributed by atoms with Gasteiger partial charge in [-0.2, -0.15) is 5.10 Å². The van der Waals surface area contributed by atoms with E-state index >= 15 is 0 Å². The van der Waals surface area contributed by atoms with E-state index in [4.69, 9.17) is 17.3 Å². The number of hydrogen-bond donors (Lipinski definition) is 1. The fraction of sp³-hybridized carbons (Fsp3) is 0.167. The van der Waals surface area contributed by atoms with Gasteiger partial charge in [0.25, 0.3) is 12.3 Å². The molecule has 0 aliphatic carbocycles. The van der Waals surface area contributed by atoms with E-state index in [0.717, 1.165) is 4.68 Å². The van der Waals surface area contributed by atoms with Gasteiger partial charge in [0.1, 0.15) is 6.54 Å². The number of carbonyl (C=O) groups excluding carboxylic acids is 1. The van der Waals surface area contributed by atoms with Crippen LogP contribution >= 0.6 is 11.6 Å². The Morgan fingerprint density at radius 3 is 2.86 bits per heavy atom. The molecule has 3 heterocycles. The highest BCUT2D eigenvalue weighted by molar-refractivity contribution is 6.32. The van der Waals surface area contributed by atoms with Gasteiger partial charge in [0.2, 0.25) is 0 Å². The summed E-state index contributed by atoms with van der Waals surface area (Å²) < 4.78 is 27.5. The van der Waals surface area contributed by atoms with E-state index in [2.05, 4.69) is 15.1 Å². The first-order valence-corrected chi connectivity index (χ1v) is 6.48. The number of hydrogen-bond acceptors (Lipinski definition) is 4. The summed E-state index contributed by atoms with van der Waals surface area (Å²) in [7, 11) is 0. The van der Waals surface area contributed by atoms with Gasteiger partial charge >= 0.3 is 0 Å². The normalized spacial score (nSPS) is 11.5. The standard InChI is InChI=1S/C12H9ClF2N6O/c13-10-12-18-3-7(21(12)2-1-17-10)6-4-20(5-8(14)15)19-9(6)11(16)22/h1-4,8H,5H2,(H2,16,22). The van der Waals surface area contributed by atoms with Gasteiger partial charge in [-0.3, -0.25) is 13.9 Å². The number of imidazole rings is 1. The van der Waals surface area contributed by atoms with Crippen LogP contribution in [0, 0.1) is 0 Å². The summed E-state index contributed by atoms with van der Waals surface area (Å²) in [5.74, 6) is -0.821. The van der Waals surface area contributed by atoms with Crippen LogP contribution in [0.1, 0.15) is 10.5 Å². The zero-order valence-corrected chi connectivity index (χ0v) is 11.7. The van der Waals surface area contributed by atoms with Crippen molar-refractivity contribution in [1.82, 2.24) is 24.1 Å². The number of nitrogens with zero attached hydrogens (tertiary/aromatic N) is 5. The molecule has 2 N–H and O–H groups in total. The molecule has 114 valence electrons. The van der Waals surface area contributed by atoms with Crippen LogP contribution < -0.4 is 5.73 Å². The van der Waals surface area contributed by atoms with E-state index < -0.39 is 18.9 Å². The summed E-state index contributed by atoms with van der Waals surface area (Å²) >= 11 is 5.93. The molecule has 0 aliphatic rings. The monoisotopic (exact) mass is 326 g/mol. The topological polar surface area (TPSA) is 91.1 Å². The molecular weight excluding hydrogens is 318 g/mol. The van der Waals surface area contributed by atoms with Gasteiger partial charge in [0, 0.05) is 18.6 Å². The Hall–Kier alpha value is -2.55. The van der Waals surface area contributed by atoms with Crippen LogP contribution in [0.4, 0.5) is 8.78 Å². The summed E-state index contributed by atoms with van der Waals surface area (Å²) in [5.41, 5.74) is 6.27. The molecule has 0 unspecified atom stereocenters. The van der Waals surface area contributed by atoms with Gasteiger partial charge in [-0.05, 0) is 0 Å². The molecule has 3 aromatic heterocycles. The van der Waals surface area contributed by atoms with E-state index in [-0.39, 0.29) is 10.8 Å². The van der Waals surface area contributed by atoms with Gasteiger partial charge in [-0.25, -0.2) is 18.7 Å². The Balaban J connectivity index is 2.19. The predicted molar refractivity (Wildman–Crippen MR) is 73.7 cm³/mol. The molecule has 0 saturated heterocycles. The van der Waals surface area contributed by atoms with Crippen molar-refractivity contribution in [3.05, 3.63) is 35.6 Å². The molecule has 0 aromatic carbocycles. The molecular formula is C12H9ClF2N6O. The minimum Gasteiger partial charge on any atom is -0.364 e. The molecule has 7 nitrogen and oxygen atoms in total. The third-order valence-corrected chi connectivity index (χ3v) is 3.25. The highest BCUT2D eigenvalue weighted by atomic mass is 35.5. The van der Waals surface area contributed by atoms with Crippen LogP contribution in [0.15, 0.2) is 24.8 Å². The lowest BCUT2D eigenvalue weighted by atomic mass is 10.2. The first-order valence-electron chi connectivity index (χ1n) is 6.10. The minimum absolute atomic E-state index is 0.115. The van der Waals surface area contributed by atoms with Crippen molar-refractivity contribution in [3.63, 3.8) is 0 Å². The Labute approximate surface area is 127 Å². The molecule has 3 aromatic rings.